The van der Waals surface area contributed by atoms with Crippen molar-refractivity contribution >= 4 is 29.3 Å². The first-order valence-electron chi connectivity index (χ1n) is 9.39. The Balaban J connectivity index is 1.40. The van der Waals surface area contributed by atoms with Crippen molar-refractivity contribution in [2.24, 2.45) is 5.92 Å². The van der Waals surface area contributed by atoms with E-state index >= 15 is 0 Å². The Morgan fingerprint density at radius 3 is 2.50 bits per heavy atom. The summed E-state index contributed by atoms with van der Waals surface area (Å²) in [5, 5.41) is -0.0468. The molecule has 0 aliphatic carbocycles. The maximum absolute atomic E-state index is 11.4. The van der Waals surface area contributed by atoms with Crippen molar-refractivity contribution in [2.75, 3.05) is 57.3 Å². The number of carbonyl (C=O) groups is 2. The van der Waals surface area contributed by atoms with E-state index in [9.17, 15) is 9.59 Å². The molecule has 0 radical (unpaired) electrons. The van der Waals surface area contributed by atoms with Crippen LogP contribution < -0.4 is 4.90 Å². The van der Waals surface area contributed by atoms with Crippen LogP contribution in [0.1, 0.15) is 30.1 Å². The molecule has 1 aromatic heterocycles. The maximum Gasteiger partial charge on any atom is 0.199 e. The number of anilines is 1. The number of hydrogen-bond acceptors (Lipinski definition) is 6. The van der Waals surface area contributed by atoms with Crippen LogP contribution in [0.2, 0.25) is 0 Å². The van der Waals surface area contributed by atoms with E-state index in [-0.39, 0.29) is 10.9 Å². The SMILES string of the molecule is CC(=O)c1ccc(N2CCC(CCN3CCN(CC(=O)S)CC3)C2)nc1. The second-order valence-corrected chi connectivity index (χ2v) is 7.86. The van der Waals surface area contributed by atoms with Gasteiger partial charge in [-0.25, -0.2) is 4.98 Å². The van der Waals surface area contributed by atoms with Crippen LogP contribution in [0, 0.1) is 5.92 Å². The molecule has 1 atom stereocenters. The molecule has 2 fully saturated rings. The van der Waals surface area contributed by atoms with Crippen LogP contribution in [-0.4, -0.2) is 78.0 Å². The van der Waals surface area contributed by atoms with Crippen molar-refractivity contribution < 1.29 is 9.59 Å². The molecular weight excluding hydrogens is 348 g/mol. The summed E-state index contributed by atoms with van der Waals surface area (Å²) < 4.78 is 0. The molecular formula is C19H28N4O2S. The number of aromatic nitrogens is 1. The summed E-state index contributed by atoms with van der Waals surface area (Å²) >= 11 is 3.86. The third-order valence-electron chi connectivity index (χ3n) is 5.44. The van der Waals surface area contributed by atoms with Gasteiger partial charge in [0.2, 0.25) is 0 Å². The molecule has 2 aliphatic rings. The normalized spacial score (nSPS) is 21.9. The number of ketones is 1. The number of rotatable bonds is 7. The van der Waals surface area contributed by atoms with Gasteiger partial charge >= 0.3 is 0 Å². The second kappa shape index (κ2) is 8.97. The summed E-state index contributed by atoms with van der Waals surface area (Å²) in [7, 11) is 0. The molecule has 6 nitrogen and oxygen atoms in total. The van der Waals surface area contributed by atoms with E-state index < -0.39 is 0 Å². The van der Waals surface area contributed by atoms with Gasteiger partial charge in [0.1, 0.15) is 5.82 Å². The number of pyridine rings is 1. The van der Waals surface area contributed by atoms with Gasteiger partial charge in [0.25, 0.3) is 0 Å². The lowest BCUT2D eigenvalue weighted by Gasteiger charge is -2.34. The van der Waals surface area contributed by atoms with Gasteiger partial charge in [0.15, 0.2) is 10.9 Å². The minimum absolute atomic E-state index is 0.0468. The molecule has 1 unspecified atom stereocenters. The molecule has 2 saturated heterocycles. The predicted octanol–water partition coefficient (Wildman–Crippen LogP) is 1.57. The van der Waals surface area contributed by atoms with Gasteiger partial charge in [0, 0.05) is 51.0 Å². The fourth-order valence-corrected chi connectivity index (χ4v) is 3.99. The smallest absolute Gasteiger partial charge is 0.199 e. The first kappa shape index (κ1) is 19.3. The summed E-state index contributed by atoms with van der Waals surface area (Å²) in [4.78, 5) is 33.9. The topological polar surface area (TPSA) is 56.8 Å². The number of piperazine rings is 1. The Kier molecular flexibility index (Phi) is 6.67. The molecule has 3 heterocycles. The molecule has 0 N–H and O–H groups in total. The first-order valence-corrected chi connectivity index (χ1v) is 9.84. The van der Waals surface area contributed by atoms with Gasteiger partial charge in [-0.2, -0.15) is 0 Å². The molecule has 3 rings (SSSR count). The number of Topliss-reactive ketones (excluding diaryl/α,β-unsaturated/α-hetero) is 1. The van der Waals surface area contributed by atoms with Crippen molar-refractivity contribution in [2.45, 2.75) is 19.8 Å². The highest BCUT2D eigenvalue weighted by molar-refractivity contribution is 7.96. The second-order valence-electron chi connectivity index (χ2n) is 7.36. The summed E-state index contributed by atoms with van der Waals surface area (Å²) in [6.45, 7) is 9.21. The first-order chi connectivity index (χ1) is 12.5. The number of nitrogens with zero attached hydrogens (tertiary/aromatic N) is 4. The Hall–Kier alpha value is -1.44. The van der Waals surface area contributed by atoms with Crippen molar-refractivity contribution in [3.63, 3.8) is 0 Å². The van der Waals surface area contributed by atoms with Gasteiger partial charge in [-0.1, -0.05) is 0 Å². The van der Waals surface area contributed by atoms with E-state index in [1.165, 1.54) is 12.8 Å². The zero-order valence-corrected chi connectivity index (χ0v) is 16.3. The molecule has 0 saturated carbocycles. The largest absolute Gasteiger partial charge is 0.356 e. The molecule has 7 heteroatoms. The number of hydrogen-bond donors (Lipinski definition) is 1. The van der Waals surface area contributed by atoms with Crippen LogP contribution in [-0.2, 0) is 4.79 Å². The lowest BCUT2D eigenvalue weighted by molar-refractivity contribution is -0.112. The summed E-state index contributed by atoms with van der Waals surface area (Å²) in [5.74, 6) is 1.73. The molecule has 26 heavy (non-hydrogen) atoms. The van der Waals surface area contributed by atoms with Gasteiger partial charge in [-0.3, -0.25) is 14.5 Å². The molecule has 0 bridgehead atoms. The Bertz CT molecular complexity index is 629. The van der Waals surface area contributed by atoms with E-state index in [0.717, 1.165) is 51.6 Å². The van der Waals surface area contributed by atoms with Crippen molar-refractivity contribution in [3.8, 4) is 0 Å². The monoisotopic (exact) mass is 376 g/mol. The van der Waals surface area contributed by atoms with Crippen LogP contribution in [0.25, 0.3) is 0 Å². The fraction of sp³-hybridized carbons (Fsp3) is 0.632. The molecule has 142 valence electrons. The maximum atomic E-state index is 11.4. The van der Waals surface area contributed by atoms with Crippen LogP contribution in [0.5, 0.6) is 0 Å². The van der Waals surface area contributed by atoms with Gasteiger partial charge in [-0.05, 0) is 44.4 Å². The van der Waals surface area contributed by atoms with Crippen LogP contribution in [0.15, 0.2) is 18.3 Å². The fourth-order valence-electron chi connectivity index (χ4n) is 3.79. The van der Waals surface area contributed by atoms with Crippen LogP contribution in [0.3, 0.4) is 0 Å². The van der Waals surface area contributed by atoms with E-state index in [0.29, 0.717) is 18.0 Å². The highest BCUT2D eigenvalue weighted by atomic mass is 32.1. The van der Waals surface area contributed by atoms with Crippen LogP contribution in [0.4, 0.5) is 5.82 Å². The lowest BCUT2D eigenvalue weighted by atomic mass is 10.0. The minimum atomic E-state index is -0.0468. The summed E-state index contributed by atoms with van der Waals surface area (Å²) in [5.41, 5.74) is 0.670. The zero-order chi connectivity index (χ0) is 18.5. The molecule has 1 aromatic rings. The third-order valence-corrected chi connectivity index (χ3v) is 5.58. The van der Waals surface area contributed by atoms with Gasteiger partial charge in [0.05, 0.1) is 6.54 Å². The van der Waals surface area contributed by atoms with Crippen LogP contribution >= 0.6 is 12.6 Å². The quantitative estimate of drug-likeness (QED) is 0.576. The minimum Gasteiger partial charge on any atom is -0.356 e. The standard InChI is InChI=1S/C19H28N4O2S/c1-15(24)17-2-3-18(20-12-17)23-7-5-16(13-23)4-6-21-8-10-22(11-9-21)14-19(25)26/h2-3,12,16H,4-11,13-14H2,1H3,(H,25,26). The molecule has 0 aromatic carbocycles. The van der Waals surface area contributed by atoms with E-state index in [4.69, 9.17) is 0 Å². The van der Waals surface area contributed by atoms with Crippen molar-refractivity contribution in [1.29, 1.82) is 0 Å². The van der Waals surface area contributed by atoms with Gasteiger partial charge < -0.3 is 9.80 Å². The van der Waals surface area contributed by atoms with E-state index in [2.05, 4.69) is 32.3 Å². The summed E-state index contributed by atoms with van der Waals surface area (Å²) in [6, 6.07) is 3.83. The molecule has 2 aliphatic heterocycles. The third kappa shape index (κ3) is 5.28. The molecule has 0 amide bonds. The average molecular weight is 377 g/mol. The van der Waals surface area contributed by atoms with Crippen molar-refractivity contribution in [3.05, 3.63) is 23.9 Å². The van der Waals surface area contributed by atoms with Crippen molar-refractivity contribution in [1.82, 2.24) is 14.8 Å². The zero-order valence-electron chi connectivity index (χ0n) is 15.4. The Morgan fingerprint density at radius 2 is 1.88 bits per heavy atom. The lowest BCUT2D eigenvalue weighted by Crippen LogP contribution is -2.47. The number of thiol groups is 1. The van der Waals surface area contributed by atoms with E-state index in [1.807, 2.05) is 12.1 Å². The Morgan fingerprint density at radius 1 is 1.15 bits per heavy atom. The molecule has 0 spiro atoms. The number of carbonyl (C=O) groups excluding carboxylic acids is 2. The summed E-state index contributed by atoms with van der Waals surface area (Å²) in [6.07, 6.45) is 4.08. The van der Waals surface area contributed by atoms with Gasteiger partial charge in [-0.15, -0.1) is 12.6 Å². The predicted molar refractivity (Wildman–Crippen MR) is 106 cm³/mol. The highest BCUT2D eigenvalue weighted by Crippen LogP contribution is 2.24. The average Bonchev–Trinajstić information content (AvgIpc) is 3.10. The Labute approximate surface area is 161 Å². The highest BCUT2D eigenvalue weighted by Gasteiger charge is 2.25. The van der Waals surface area contributed by atoms with E-state index in [1.54, 1.807) is 13.1 Å².